The average molecular weight is 307 g/mol. The number of nitrogens with one attached hydrogen (secondary N) is 1. The van der Waals surface area contributed by atoms with E-state index in [1.165, 1.54) is 18.2 Å². The van der Waals surface area contributed by atoms with Gasteiger partial charge in [-0.25, -0.2) is 9.18 Å². The minimum atomic E-state index is -0.826. The van der Waals surface area contributed by atoms with Crippen LogP contribution >= 0.6 is 11.3 Å². The highest BCUT2D eigenvalue weighted by Crippen LogP contribution is 2.35. The zero-order valence-electron chi connectivity index (χ0n) is 10.5. The molecule has 21 heavy (non-hydrogen) atoms. The quantitative estimate of drug-likeness (QED) is 0.458. The van der Waals surface area contributed by atoms with Gasteiger partial charge in [-0.3, -0.25) is 10.1 Å². The maximum Gasteiger partial charge on any atom is 0.366 e. The third kappa shape index (κ3) is 3.39. The molecular formula is C12H10FN5O2S. The number of carbonyl (C=O) groups is 2. The van der Waals surface area contributed by atoms with Crippen molar-refractivity contribution in [3.05, 3.63) is 41.7 Å². The van der Waals surface area contributed by atoms with Crippen molar-refractivity contribution >= 4 is 28.3 Å². The molecule has 1 aromatic carbocycles. The average Bonchev–Trinajstić information content (AvgIpc) is 2.83. The molecule has 9 heteroatoms. The molecule has 0 radical (unpaired) electrons. The van der Waals surface area contributed by atoms with Crippen LogP contribution in [0.5, 0.6) is 0 Å². The number of nitrogens with zero attached hydrogens (tertiary/aromatic N) is 2. The Balaban J connectivity index is 2.39. The minimum absolute atomic E-state index is 0.125. The summed E-state index contributed by atoms with van der Waals surface area (Å²) < 4.78 is 12.9. The van der Waals surface area contributed by atoms with Crippen LogP contribution in [-0.2, 0) is 0 Å². The van der Waals surface area contributed by atoms with Crippen LogP contribution in [0.25, 0.3) is 10.4 Å². The number of primary amides is 1. The van der Waals surface area contributed by atoms with Crippen LogP contribution in [-0.4, -0.2) is 11.9 Å². The first-order valence-electron chi connectivity index (χ1n) is 5.62. The lowest BCUT2D eigenvalue weighted by Gasteiger charge is -1.98. The topological polar surface area (TPSA) is 123 Å². The van der Waals surface area contributed by atoms with Gasteiger partial charge in [0.1, 0.15) is 10.8 Å². The van der Waals surface area contributed by atoms with Gasteiger partial charge in [0.15, 0.2) is 0 Å². The number of benzene rings is 1. The largest absolute Gasteiger partial charge is 0.366 e. The lowest BCUT2D eigenvalue weighted by Crippen LogP contribution is -2.14. The SMILES string of the molecule is NN=NC(=O)Nc1sc(-c2ccc(F)cc2)cc1C(N)=O. The number of anilines is 1. The summed E-state index contributed by atoms with van der Waals surface area (Å²) in [4.78, 5) is 23.4. The molecule has 7 nitrogen and oxygen atoms in total. The molecule has 108 valence electrons. The fourth-order valence-electron chi connectivity index (χ4n) is 1.60. The first-order chi connectivity index (χ1) is 10.0. The molecule has 0 aliphatic carbocycles. The molecule has 0 atom stereocenters. The highest BCUT2D eigenvalue weighted by molar-refractivity contribution is 7.20. The standard InChI is InChI=1S/C12H10FN5O2S/c13-7-3-1-6(2-4-7)9-5-8(10(14)19)11(21-9)16-12(20)17-18-15/h1-5H,(H2,14,19)(H3,15,16,17,20). The molecule has 1 heterocycles. The zero-order chi connectivity index (χ0) is 15.4. The number of halogens is 1. The van der Waals surface area contributed by atoms with Crippen molar-refractivity contribution in [2.45, 2.75) is 0 Å². The van der Waals surface area contributed by atoms with Crippen molar-refractivity contribution < 1.29 is 14.0 Å². The number of carbonyl (C=O) groups excluding carboxylic acids is 2. The van der Waals surface area contributed by atoms with Gasteiger partial charge in [0.05, 0.1) is 5.56 Å². The highest BCUT2D eigenvalue weighted by atomic mass is 32.1. The highest BCUT2D eigenvalue weighted by Gasteiger charge is 2.16. The molecule has 5 N–H and O–H groups in total. The fourth-order valence-corrected chi connectivity index (χ4v) is 2.66. The smallest absolute Gasteiger partial charge is 0.366 e. The number of nitrogens with two attached hydrogens (primary N) is 2. The van der Waals surface area contributed by atoms with Crippen LogP contribution in [0.1, 0.15) is 10.4 Å². The van der Waals surface area contributed by atoms with Gasteiger partial charge in [-0.2, -0.15) is 0 Å². The Hall–Kier alpha value is -2.81. The molecule has 3 amide bonds. The third-order valence-electron chi connectivity index (χ3n) is 2.50. The van der Waals surface area contributed by atoms with Gasteiger partial charge < -0.3 is 11.6 Å². The summed E-state index contributed by atoms with van der Waals surface area (Å²) in [5, 5.41) is 8.49. The number of thiophene rings is 1. The predicted octanol–water partition coefficient (Wildman–Crippen LogP) is 2.51. The molecule has 0 saturated carbocycles. The van der Waals surface area contributed by atoms with Gasteiger partial charge in [-0.05, 0) is 23.8 Å². The van der Waals surface area contributed by atoms with Gasteiger partial charge in [-0.1, -0.05) is 22.5 Å². The second-order valence-corrected chi connectivity index (χ2v) is 4.92. The second-order valence-electron chi connectivity index (χ2n) is 3.87. The Bertz CT molecular complexity index is 711. The van der Waals surface area contributed by atoms with E-state index in [0.717, 1.165) is 11.3 Å². The number of amides is 3. The molecule has 0 saturated heterocycles. The fraction of sp³-hybridized carbons (Fsp3) is 0. The van der Waals surface area contributed by atoms with Gasteiger partial charge in [-0.15, -0.1) is 11.3 Å². The Morgan fingerprint density at radius 2 is 1.90 bits per heavy atom. The summed E-state index contributed by atoms with van der Waals surface area (Å²) in [6.07, 6.45) is 0. The van der Waals surface area contributed by atoms with Crippen molar-refractivity contribution in [1.82, 2.24) is 0 Å². The number of hydrogen-bond acceptors (Lipinski definition) is 4. The van der Waals surface area contributed by atoms with E-state index in [-0.39, 0.29) is 16.4 Å². The van der Waals surface area contributed by atoms with E-state index in [0.29, 0.717) is 10.4 Å². The molecule has 2 aromatic rings. The van der Waals surface area contributed by atoms with Crippen LogP contribution in [0, 0.1) is 5.82 Å². The lowest BCUT2D eigenvalue weighted by molar-refractivity contribution is 0.100. The van der Waals surface area contributed by atoms with Crippen molar-refractivity contribution in [3.8, 4) is 10.4 Å². The number of urea groups is 1. The monoisotopic (exact) mass is 307 g/mol. The summed E-state index contributed by atoms with van der Waals surface area (Å²) in [5.74, 6) is 3.68. The van der Waals surface area contributed by atoms with E-state index in [1.54, 1.807) is 12.1 Å². The third-order valence-corrected chi connectivity index (χ3v) is 3.59. The van der Waals surface area contributed by atoms with Crippen molar-refractivity contribution in [3.63, 3.8) is 0 Å². The summed E-state index contributed by atoms with van der Waals surface area (Å²) in [6, 6.07) is 6.37. The molecule has 0 spiro atoms. The summed E-state index contributed by atoms with van der Waals surface area (Å²) in [6.45, 7) is 0. The number of rotatable bonds is 3. The van der Waals surface area contributed by atoms with E-state index in [4.69, 9.17) is 11.6 Å². The molecule has 2 rings (SSSR count). The van der Waals surface area contributed by atoms with Crippen molar-refractivity contribution in [2.24, 2.45) is 21.9 Å². The first-order valence-corrected chi connectivity index (χ1v) is 6.44. The van der Waals surface area contributed by atoms with Gasteiger partial charge in [0.25, 0.3) is 5.91 Å². The molecule has 0 aliphatic rings. The summed E-state index contributed by atoms with van der Waals surface area (Å²) in [7, 11) is 0. The van der Waals surface area contributed by atoms with Gasteiger partial charge in [0, 0.05) is 4.88 Å². The maximum absolute atomic E-state index is 12.9. The molecule has 0 fully saturated rings. The van der Waals surface area contributed by atoms with E-state index in [9.17, 15) is 14.0 Å². The predicted molar refractivity (Wildman–Crippen MR) is 76.3 cm³/mol. The van der Waals surface area contributed by atoms with Gasteiger partial charge >= 0.3 is 6.03 Å². The van der Waals surface area contributed by atoms with Crippen molar-refractivity contribution in [2.75, 3.05) is 5.32 Å². The summed E-state index contributed by atoms with van der Waals surface area (Å²) >= 11 is 1.10. The van der Waals surface area contributed by atoms with E-state index in [2.05, 4.69) is 15.7 Å². The zero-order valence-corrected chi connectivity index (χ0v) is 11.4. The molecule has 0 aliphatic heterocycles. The Morgan fingerprint density at radius 3 is 2.48 bits per heavy atom. The Labute approximate surface area is 122 Å². The van der Waals surface area contributed by atoms with Crippen LogP contribution in [0.3, 0.4) is 0 Å². The molecule has 0 bridgehead atoms. The van der Waals surface area contributed by atoms with Gasteiger partial charge in [0.2, 0.25) is 0 Å². The van der Waals surface area contributed by atoms with E-state index >= 15 is 0 Å². The number of hydrogen-bond donors (Lipinski definition) is 3. The van der Waals surface area contributed by atoms with Crippen LogP contribution in [0.2, 0.25) is 0 Å². The lowest BCUT2D eigenvalue weighted by atomic mass is 10.1. The minimum Gasteiger partial charge on any atom is -0.366 e. The maximum atomic E-state index is 12.9. The Morgan fingerprint density at radius 1 is 1.24 bits per heavy atom. The normalized spacial score (nSPS) is 10.7. The van der Waals surface area contributed by atoms with E-state index < -0.39 is 11.9 Å². The molecule has 0 unspecified atom stereocenters. The van der Waals surface area contributed by atoms with Crippen LogP contribution in [0.15, 0.2) is 40.7 Å². The summed E-state index contributed by atoms with van der Waals surface area (Å²) in [5.41, 5.74) is 6.07. The van der Waals surface area contributed by atoms with E-state index in [1.807, 2.05) is 0 Å². The van der Waals surface area contributed by atoms with Crippen LogP contribution in [0.4, 0.5) is 14.2 Å². The Kier molecular flexibility index (Phi) is 4.24. The van der Waals surface area contributed by atoms with Crippen LogP contribution < -0.4 is 16.9 Å². The molecular weight excluding hydrogens is 297 g/mol. The first kappa shape index (κ1) is 14.6. The second kappa shape index (κ2) is 6.09. The van der Waals surface area contributed by atoms with Crippen molar-refractivity contribution in [1.29, 1.82) is 0 Å². The molecule has 1 aromatic heterocycles.